The molecule has 0 unspecified atom stereocenters. The number of rotatable bonds is 5. The van der Waals surface area contributed by atoms with E-state index in [2.05, 4.69) is 35.2 Å². The van der Waals surface area contributed by atoms with Crippen molar-refractivity contribution in [3.05, 3.63) is 78.0 Å². The third kappa shape index (κ3) is 4.16. The second kappa shape index (κ2) is 8.66. The van der Waals surface area contributed by atoms with Crippen LogP contribution in [0.3, 0.4) is 0 Å². The van der Waals surface area contributed by atoms with Gasteiger partial charge in [-0.2, -0.15) is 0 Å². The molecule has 1 amide bonds. The Morgan fingerprint density at radius 2 is 1.79 bits per heavy atom. The maximum absolute atomic E-state index is 13.0. The number of aromatic nitrogens is 6. The molecule has 3 N–H and O–H groups in total. The molecule has 0 aliphatic carbocycles. The van der Waals surface area contributed by atoms with Crippen molar-refractivity contribution in [3.63, 3.8) is 0 Å². The van der Waals surface area contributed by atoms with E-state index < -0.39 is 5.91 Å². The molecular weight excluding hydrogens is 432 g/mol. The zero-order chi connectivity index (χ0) is 23.7. The van der Waals surface area contributed by atoms with Crippen LogP contribution in [-0.4, -0.2) is 35.8 Å². The number of carbonyl (C=O) groups is 1. The monoisotopic (exact) mass is 452 g/mol. The smallest absolute Gasteiger partial charge is 0.274 e. The molecule has 168 valence electrons. The van der Waals surface area contributed by atoms with Crippen LogP contribution in [0.4, 0.5) is 5.82 Å². The fraction of sp³-hybridized carbons (Fsp3) is 0.125. The average Bonchev–Trinajstić information content (AvgIpc) is 3.36. The van der Waals surface area contributed by atoms with Gasteiger partial charge in [-0.1, -0.05) is 12.1 Å². The SMILES string of the molecule is Cc1cc(C)nc(CNC(=O)c2nc(-c3ccc4ncccc4c3)c(-c3ncco3)nc2N)n1. The number of hydrogen-bond donors (Lipinski definition) is 2. The van der Waals surface area contributed by atoms with E-state index in [1.807, 2.05) is 50.2 Å². The summed E-state index contributed by atoms with van der Waals surface area (Å²) in [5.41, 5.74) is 10.1. The van der Waals surface area contributed by atoms with Crippen LogP contribution in [0.15, 0.2) is 59.5 Å². The van der Waals surface area contributed by atoms with Gasteiger partial charge in [0, 0.05) is 28.5 Å². The number of nitrogens with one attached hydrogen (secondary N) is 1. The molecule has 5 rings (SSSR count). The van der Waals surface area contributed by atoms with E-state index in [0.29, 0.717) is 22.8 Å². The molecule has 0 aliphatic rings. The second-order valence-electron chi connectivity index (χ2n) is 7.65. The minimum Gasteiger partial charge on any atom is -0.443 e. The normalized spacial score (nSPS) is 11.0. The molecule has 4 heterocycles. The molecule has 0 atom stereocenters. The number of amides is 1. The molecule has 0 fully saturated rings. The Hall–Kier alpha value is -4.73. The molecule has 10 heteroatoms. The molecule has 1 aromatic carbocycles. The summed E-state index contributed by atoms with van der Waals surface area (Å²) in [6, 6.07) is 11.3. The highest BCUT2D eigenvalue weighted by Crippen LogP contribution is 2.31. The van der Waals surface area contributed by atoms with Crippen molar-refractivity contribution in [1.82, 2.24) is 35.2 Å². The van der Waals surface area contributed by atoms with Crippen LogP contribution in [0, 0.1) is 13.8 Å². The van der Waals surface area contributed by atoms with E-state index in [9.17, 15) is 4.79 Å². The predicted octanol–water partition coefficient (Wildman–Crippen LogP) is 3.27. The summed E-state index contributed by atoms with van der Waals surface area (Å²) in [5, 5.41) is 3.69. The number of nitrogen functional groups attached to an aromatic ring is 1. The molecule has 0 spiro atoms. The summed E-state index contributed by atoms with van der Waals surface area (Å²) in [6.45, 7) is 3.87. The molecule has 0 aliphatic heterocycles. The van der Waals surface area contributed by atoms with Gasteiger partial charge in [-0.05, 0) is 38.1 Å². The van der Waals surface area contributed by atoms with Gasteiger partial charge in [0.25, 0.3) is 5.91 Å². The highest BCUT2D eigenvalue weighted by molar-refractivity contribution is 5.98. The minimum absolute atomic E-state index is 0.0130. The summed E-state index contributed by atoms with van der Waals surface area (Å²) < 4.78 is 5.45. The zero-order valence-electron chi connectivity index (χ0n) is 18.5. The number of nitrogens with zero attached hydrogens (tertiary/aromatic N) is 6. The maximum atomic E-state index is 13.0. The van der Waals surface area contributed by atoms with Crippen LogP contribution in [0.1, 0.15) is 27.7 Å². The van der Waals surface area contributed by atoms with Crippen molar-refractivity contribution in [2.24, 2.45) is 0 Å². The van der Waals surface area contributed by atoms with Crippen LogP contribution in [0.25, 0.3) is 33.7 Å². The van der Waals surface area contributed by atoms with Crippen molar-refractivity contribution in [2.75, 3.05) is 5.73 Å². The second-order valence-corrected chi connectivity index (χ2v) is 7.65. The van der Waals surface area contributed by atoms with E-state index in [-0.39, 0.29) is 23.9 Å². The molecule has 34 heavy (non-hydrogen) atoms. The third-order valence-electron chi connectivity index (χ3n) is 5.08. The summed E-state index contributed by atoms with van der Waals surface area (Å²) >= 11 is 0. The zero-order valence-corrected chi connectivity index (χ0v) is 18.5. The first kappa shape index (κ1) is 21.1. The Morgan fingerprint density at radius 1 is 0.971 bits per heavy atom. The number of anilines is 1. The number of aryl methyl sites for hydroxylation is 2. The summed E-state index contributed by atoms with van der Waals surface area (Å²) in [4.78, 5) is 39.3. The van der Waals surface area contributed by atoms with Gasteiger partial charge < -0.3 is 15.5 Å². The third-order valence-corrected chi connectivity index (χ3v) is 5.08. The lowest BCUT2D eigenvalue weighted by molar-refractivity contribution is 0.0945. The van der Waals surface area contributed by atoms with E-state index in [1.54, 1.807) is 6.20 Å². The Bertz CT molecular complexity index is 1500. The van der Waals surface area contributed by atoms with Crippen LogP contribution < -0.4 is 11.1 Å². The number of fused-ring (bicyclic) bond motifs is 1. The molecule has 0 saturated heterocycles. The molecule has 10 nitrogen and oxygen atoms in total. The molecular formula is C24H20N8O2. The number of benzene rings is 1. The number of oxazole rings is 1. The van der Waals surface area contributed by atoms with Crippen molar-refractivity contribution in [2.45, 2.75) is 20.4 Å². The van der Waals surface area contributed by atoms with Gasteiger partial charge in [-0.15, -0.1) is 0 Å². The van der Waals surface area contributed by atoms with Gasteiger partial charge in [-0.25, -0.2) is 24.9 Å². The number of nitrogens with two attached hydrogens (primary N) is 1. The highest BCUT2D eigenvalue weighted by atomic mass is 16.3. The van der Waals surface area contributed by atoms with Crippen LogP contribution in [-0.2, 0) is 6.54 Å². The van der Waals surface area contributed by atoms with Crippen molar-refractivity contribution in [3.8, 4) is 22.8 Å². The Labute approximate surface area is 194 Å². The number of hydrogen-bond acceptors (Lipinski definition) is 9. The van der Waals surface area contributed by atoms with Crippen molar-refractivity contribution >= 4 is 22.6 Å². The number of pyridine rings is 1. The quantitative estimate of drug-likeness (QED) is 0.410. The van der Waals surface area contributed by atoms with Gasteiger partial charge in [-0.3, -0.25) is 9.78 Å². The standard InChI is InChI=1S/C24H20N8O2/c1-13-10-14(2)30-18(29-13)12-28-23(33)21-22(25)32-20(24-27-8-9-34-24)19(31-21)16-5-6-17-15(11-16)4-3-7-26-17/h3-11H,12H2,1-2H3,(H2,25,32)(H,28,33). The summed E-state index contributed by atoms with van der Waals surface area (Å²) in [6.07, 6.45) is 4.67. The van der Waals surface area contributed by atoms with E-state index in [4.69, 9.17) is 10.2 Å². The van der Waals surface area contributed by atoms with Gasteiger partial charge in [0.1, 0.15) is 17.8 Å². The predicted molar refractivity (Wildman–Crippen MR) is 125 cm³/mol. The lowest BCUT2D eigenvalue weighted by atomic mass is 10.1. The summed E-state index contributed by atoms with van der Waals surface area (Å²) in [7, 11) is 0. The topological polar surface area (TPSA) is 146 Å². The average molecular weight is 452 g/mol. The first-order chi connectivity index (χ1) is 16.5. The maximum Gasteiger partial charge on any atom is 0.274 e. The van der Waals surface area contributed by atoms with Gasteiger partial charge in [0.2, 0.25) is 5.89 Å². The Morgan fingerprint density at radius 3 is 2.56 bits per heavy atom. The molecule has 5 aromatic rings. The lowest BCUT2D eigenvalue weighted by Crippen LogP contribution is -2.27. The first-order valence-electron chi connectivity index (χ1n) is 10.5. The van der Waals surface area contributed by atoms with E-state index in [0.717, 1.165) is 22.3 Å². The highest BCUT2D eigenvalue weighted by Gasteiger charge is 2.22. The fourth-order valence-electron chi connectivity index (χ4n) is 3.65. The lowest BCUT2D eigenvalue weighted by Gasteiger charge is -2.12. The van der Waals surface area contributed by atoms with Crippen LogP contribution in [0.2, 0.25) is 0 Å². The van der Waals surface area contributed by atoms with E-state index >= 15 is 0 Å². The summed E-state index contributed by atoms with van der Waals surface area (Å²) in [5.74, 6) is 0.209. The van der Waals surface area contributed by atoms with Crippen molar-refractivity contribution < 1.29 is 9.21 Å². The van der Waals surface area contributed by atoms with Crippen LogP contribution >= 0.6 is 0 Å². The Balaban J connectivity index is 1.55. The van der Waals surface area contributed by atoms with Gasteiger partial charge in [0.15, 0.2) is 17.2 Å². The van der Waals surface area contributed by atoms with Gasteiger partial charge >= 0.3 is 0 Å². The minimum atomic E-state index is -0.490. The number of carbonyl (C=O) groups excluding carboxylic acids is 1. The Kier molecular flexibility index (Phi) is 5.38. The van der Waals surface area contributed by atoms with Crippen molar-refractivity contribution in [1.29, 1.82) is 0 Å². The molecule has 0 radical (unpaired) electrons. The fourth-order valence-corrected chi connectivity index (χ4v) is 3.65. The van der Waals surface area contributed by atoms with E-state index in [1.165, 1.54) is 12.5 Å². The van der Waals surface area contributed by atoms with Crippen LogP contribution in [0.5, 0.6) is 0 Å². The van der Waals surface area contributed by atoms with Gasteiger partial charge in [0.05, 0.1) is 18.3 Å². The molecule has 0 saturated carbocycles. The first-order valence-corrected chi connectivity index (χ1v) is 10.5. The largest absolute Gasteiger partial charge is 0.443 e. The molecule has 0 bridgehead atoms. The molecule has 4 aromatic heterocycles.